The number of carbonyl (C=O) groups excluding carboxylic acids is 1. The Kier molecular flexibility index (Phi) is 4.80. The number of amides is 1. The highest BCUT2D eigenvalue weighted by molar-refractivity contribution is 7.71. The Hall–Kier alpha value is -2.52. The zero-order chi connectivity index (χ0) is 20.0. The second kappa shape index (κ2) is 7.14. The molecule has 0 atom stereocenters. The van der Waals surface area contributed by atoms with E-state index in [-0.39, 0.29) is 5.91 Å². The van der Waals surface area contributed by atoms with Gasteiger partial charge in [-0.1, -0.05) is 0 Å². The van der Waals surface area contributed by atoms with Crippen molar-refractivity contribution in [3.63, 3.8) is 0 Å². The summed E-state index contributed by atoms with van der Waals surface area (Å²) in [4.78, 5) is 22.9. The van der Waals surface area contributed by atoms with Crippen molar-refractivity contribution < 1.29 is 9.18 Å². The quantitative estimate of drug-likeness (QED) is 0.661. The summed E-state index contributed by atoms with van der Waals surface area (Å²) in [6.45, 7) is 7.65. The first-order valence-corrected chi connectivity index (χ1v) is 9.66. The van der Waals surface area contributed by atoms with Crippen LogP contribution >= 0.6 is 12.2 Å². The number of fused-ring (bicyclic) bond motifs is 1. The summed E-state index contributed by atoms with van der Waals surface area (Å²) in [5.41, 5.74) is 4.84. The number of aromatic nitrogens is 4. The van der Waals surface area contributed by atoms with Crippen LogP contribution in [-0.2, 0) is 13.6 Å². The van der Waals surface area contributed by atoms with Gasteiger partial charge in [-0.25, -0.2) is 4.39 Å². The van der Waals surface area contributed by atoms with Crippen LogP contribution in [0, 0.1) is 24.4 Å². The fourth-order valence-corrected chi connectivity index (χ4v) is 4.04. The molecule has 7 nitrogen and oxygen atoms in total. The van der Waals surface area contributed by atoms with Crippen molar-refractivity contribution in [3.05, 3.63) is 45.2 Å². The number of hydrogen-bond acceptors (Lipinski definition) is 4. The molecule has 1 fully saturated rings. The van der Waals surface area contributed by atoms with Crippen LogP contribution in [0.2, 0.25) is 0 Å². The number of rotatable bonds is 3. The average Bonchev–Trinajstić information content (AvgIpc) is 3.14. The largest absolute Gasteiger partial charge is 0.336 e. The molecule has 1 saturated heterocycles. The van der Waals surface area contributed by atoms with Gasteiger partial charge in [-0.2, -0.15) is 5.10 Å². The van der Waals surface area contributed by atoms with E-state index in [1.165, 1.54) is 23.4 Å². The lowest BCUT2D eigenvalue weighted by atomic mass is 10.1. The molecule has 1 amide bonds. The van der Waals surface area contributed by atoms with Crippen molar-refractivity contribution in [2.45, 2.75) is 20.4 Å². The summed E-state index contributed by atoms with van der Waals surface area (Å²) in [5.74, 6) is -0.634. The van der Waals surface area contributed by atoms with E-state index in [0.29, 0.717) is 34.5 Å². The number of H-pyrrole nitrogens is 2. The van der Waals surface area contributed by atoms with Gasteiger partial charge in [0, 0.05) is 51.0 Å². The molecule has 0 unspecified atom stereocenters. The first-order valence-electron chi connectivity index (χ1n) is 9.25. The molecule has 28 heavy (non-hydrogen) atoms. The molecular formula is C19H23FN6OS. The summed E-state index contributed by atoms with van der Waals surface area (Å²) in [7, 11) is 1.95. The maximum absolute atomic E-state index is 14.0. The summed E-state index contributed by atoms with van der Waals surface area (Å²) >= 11 is 5.09. The molecule has 148 valence electrons. The minimum atomic E-state index is -0.456. The molecule has 4 rings (SSSR count). The number of halogens is 1. The van der Waals surface area contributed by atoms with Gasteiger partial charge in [0.25, 0.3) is 5.91 Å². The molecule has 0 aliphatic carbocycles. The third-order valence-electron chi connectivity index (χ3n) is 5.52. The summed E-state index contributed by atoms with van der Waals surface area (Å²) in [6.07, 6.45) is 0. The first kappa shape index (κ1) is 18.8. The van der Waals surface area contributed by atoms with Crippen LogP contribution in [-0.4, -0.2) is 61.6 Å². The maximum atomic E-state index is 14.0. The monoisotopic (exact) mass is 402 g/mol. The molecule has 9 heteroatoms. The summed E-state index contributed by atoms with van der Waals surface area (Å²) in [6, 6.07) is 2.62. The highest BCUT2D eigenvalue weighted by Crippen LogP contribution is 2.21. The Morgan fingerprint density at radius 1 is 1.21 bits per heavy atom. The SMILES string of the molecule is Cc1nn(C)c(C)c1CN1CCN(C(=O)c2cc(F)cc3[nH]c(=S)[nH]c23)CC1. The predicted molar refractivity (Wildman–Crippen MR) is 107 cm³/mol. The van der Waals surface area contributed by atoms with Crippen molar-refractivity contribution in [3.8, 4) is 0 Å². The Bertz CT molecular complexity index is 1110. The molecule has 3 heterocycles. The normalized spacial score (nSPS) is 15.5. The second-order valence-corrected chi connectivity index (χ2v) is 7.70. The van der Waals surface area contributed by atoms with Crippen LogP contribution in [0.15, 0.2) is 12.1 Å². The number of benzene rings is 1. The van der Waals surface area contributed by atoms with Gasteiger partial charge in [-0.05, 0) is 38.2 Å². The lowest BCUT2D eigenvalue weighted by molar-refractivity contribution is 0.0629. The molecule has 2 aromatic heterocycles. The van der Waals surface area contributed by atoms with E-state index < -0.39 is 5.82 Å². The van der Waals surface area contributed by atoms with E-state index in [2.05, 4.69) is 26.9 Å². The molecular weight excluding hydrogens is 379 g/mol. The van der Waals surface area contributed by atoms with E-state index in [1.807, 2.05) is 18.7 Å². The topological polar surface area (TPSA) is 73.0 Å². The minimum Gasteiger partial charge on any atom is -0.336 e. The molecule has 1 aliphatic rings. The highest BCUT2D eigenvalue weighted by Gasteiger charge is 2.25. The lowest BCUT2D eigenvalue weighted by Crippen LogP contribution is -2.48. The van der Waals surface area contributed by atoms with E-state index in [9.17, 15) is 9.18 Å². The van der Waals surface area contributed by atoms with Crippen molar-refractivity contribution in [2.75, 3.05) is 26.2 Å². The van der Waals surface area contributed by atoms with Crippen molar-refractivity contribution >= 4 is 29.2 Å². The van der Waals surface area contributed by atoms with Gasteiger partial charge in [-0.3, -0.25) is 14.4 Å². The van der Waals surface area contributed by atoms with Gasteiger partial charge in [-0.15, -0.1) is 0 Å². The first-order chi connectivity index (χ1) is 13.3. The van der Waals surface area contributed by atoms with Crippen LogP contribution in [0.25, 0.3) is 11.0 Å². The van der Waals surface area contributed by atoms with E-state index >= 15 is 0 Å². The number of aryl methyl sites for hydroxylation is 2. The number of imidazole rings is 1. The summed E-state index contributed by atoms with van der Waals surface area (Å²) in [5, 5.41) is 4.47. The van der Waals surface area contributed by atoms with Gasteiger partial charge in [0.2, 0.25) is 0 Å². The van der Waals surface area contributed by atoms with Crippen LogP contribution in [0.3, 0.4) is 0 Å². The molecule has 0 saturated carbocycles. The van der Waals surface area contributed by atoms with Crippen molar-refractivity contribution in [1.82, 2.24) is 29.5 Å². The zero-order valence-electron chi connectivity index (χ0n) is 16.2. The molecule has 0 spiro atoms. The standard InChI is InChI=1S/C19H23FN6OS/c1-11-15(12(2)24(3)23-11)10-25-4-6-26(7-5-25)18(27)14-8-13(20)9-16-17(14)22-19(28)21-16/h8-9H,4-7,10H2,1-3H3,(H2,21,22,28). The van der Waals surface area contributed by atoms with Gasteiger partial charge in [0.15, 0.2) is 4.77 Å². The Morgan fingerprint density at radius 2 is 1.93 bits per heavy atom. The van der Waals surface area contributed by atoms with Gasteiger partial charge < -0.3 is 14.9 Å². The third kappa shape index (κ3) is 3.35. The molecule has 1 aromatic carbocycles. The number of aromatic amines is 2. The number of piperazine rings is 1. The Labute approximate surface area is 167 Å². The number of hydrogen-bond donors (Lipinski definition) is 2. The summed E-state index contributed by atoms with van der Waals surface area (Å²) < 4.78 is 16.2. The van der Waals surface area contributed by atoms with Crippen LogP contribution in [0.5, 0.6) is 0 Å². The maximum Gasteiger partial charge on any atom is 0.256 e. The fraction of sp³-hybridized carbons (Fsp3) is 0.421. The minimum absolute atomic E-state index is 0.178. The van der Waals surface area contributed by atoms with Gasteiger partial charge >= 0.3 is 0 Å². The average molecular weight is 402 g/mol. The van der Waals surface area contributed by atoms with E-state index in [0.717, 1.165) is 25.3 Å². The predicted octanol–water partition coefficient (Wildman–Crippen LogP) is 2.67. The Morgan fingerprint density at radius 3 is 2.57 bits per heavy atom. The molecule has 3 aromatic rings. The molecule has 0 radical (unpaired) electrons. The second-order valence-electron chi connectivity index (χ2n) is 7.30. The van der Waals surface area contributed by atoms with Crippen LogP contribution < -0.4 is 0 Å². The van der Waals surface area contributed by atoms with Crippen molar-refractivity contribution in [1.29, 1.82) is 0 Å². The lowest BCUT2D eigenvalue weighted by Gasteiger charge is -2.35. The Balaban J connectivity index is 1.48. The fourth-order valence-electron chi connectivity index (χ4n) is 3.83. The number of nitrogens with zero attached hydrogens (tertiary/aromatic N) is 4. The van der Waals surface area contributed by atoms with Gasteiger partial charge in [0.05, 0.1) is 22.3 Å². The zero-order valence-corrected chi connectivity index (χ0v) is 17.0. The molecule has 2 N–H and O–H groups in total. The van der Waals surface area contributed by atoms with E-state index in [4.69, 9.17) is 12.2 Å². The number of carbonyl (C=O) groups is 1. The number of nitrogens with one attached hydrogen (secondary N) is 2. The van der Waals surface area contributed by atoms with Crippen molar-refractivity contribution in [2.24, 2.45) is 7.05 Å². The highest BCUT2D eigenvalue weighted by atomic mass is 32.1. The third-order valence-corrected chi connectivity index (χ3v) is 5.72. The van der Waals surface area contributed by atoms with Gasteiger partial charge in [0.1, 0.15) is 5.82 Å². The van der Waals surface area contributed by atoms with E-state index in [1.54, 1.807) is 4.90 Å². The van der Waals surface area contributed by atoms with Crippen LogP contribution in [0.1, 0.15) is 27.3 Å². The smallest absolute Gasteiger partial charge is 0.256 e. The van der Waals surface area contributed by atoms with Crippen LogP contribution in [0.4, 0.5) is 4.39 Å². The molecule has 0 bridgehead atoms. The molecule has 1 aliphatic heterocycles.